The number of aryl methyl sites for hydroxylation is 1. The minimum atomic E-state index is -0.577. The number of halogens is 1. The van der Waals surface area contributed by atoms with Crippen LogP contribution in [-0.4, -0.2) is 11.7 Å². The molecule has 0 saturated heterocycles. The average molecular weight is 282 g/mol. The van der Waals surface area contributed by atoms with E-state index in [2.05, 4.69) is 0 Å². The first-order valence-electron chi connectivity index (χ1n) is 5.81. The second-order valence-corrected chi connectivity index (χ2v) is 6.05. The monoisotopic (exact) mass is 281 g/mol. The summed E-state index contributed by atoms with van der Waals surface area (Å²) in [4.78, 5) is 2.13. The summed E-state index contributed by atoms with van der Waals surface area (Å²) in [7, 11) is 0. The summed E-state index contributed by atoms with van der Waals surface area (Å²) in [6.07, 6.45) is -0.577. The standard InChI is InChI=1S/C14H16ClNOS/c1-9-5-6-13(18-9)14(17)12(8-16)10-3-2-4-11(15)7-10/h2-7,12,14,17H,8,16H2,1H3. The smallest absolute Gasteiger partial charge is 0.0962 e. The molecule has 2 nitrogen and oxygen atoms in total. The van der Waals surface area contributed by atoms with E-state index in [9.17, 15) is 5.11 Å². The zero-order valence-electron chi connectivity index (χ0n) is 10.1. The molecule has 1 aromatic heterocycles. The molecule has 0 aliphatic rings. The lowest BCUT2D eigenvalue weighted by Crippen LogP contribution is -2.19. The number of hydrogen-bond acceptors (Lipinski definition) is 3. The Morgan fingerprint density at radius 3 is 2.67 bits per heavy atom. The Balaban J connectivity index is 2.28. The number of aliphatic hydroxyl groups excluding tert-OH is 1. The number of nitrogens with two attached hydrogens (primary N) is 1. The quantitative estimate of drug-likeness (QED) is 0.901. The molecular formula is C14H16ClNOS. The van der Waals surface area contributed by atoms with Gasteiger partial charge in [0.05, 0.1) is 6.10 Å². The normalized spacial score (nSPS) is 14.4. The Morgan fingerprint density at radius 2 is 2.11 bits per heavy atom. The highest BCUT2D eigenvalue weighted by Gasteiger charge is 2.22. The van der Waals surface area contributed by atoms with E-state index in [4.69, 9.17) is 17.3 Å². The van der Waals surface area contributed by atoms with E-state index in [1.54, 1.807) is 11.3 Å². The summed E-state index contributed by atoms with van der Waals surface area (Å²) < 4.78 is 0. The molecule has 0 aliphatic carbocycles. The molecule has 2 rings (SSSR count). The van der Waals surface area contributed by atoms with Gasteiger partial charge in [0.15, 0.2) is 0 Å². The fraction of sp³-hybridized carbons (Fsp3) is 0.286. The molecule has 4 heteroatoms. The van der Waals surface area contributed by atoms with Crippen molar-refractivity contribution in [3.8, 4) is 0 Å². The predicted octanol–water partition coefficient (Wildman–Crippen LogP) is 3.49. The molecule has 1 aromatic carbocycles. The molecule has 0 radical (unpaired) electrons. The Labute approximate surface area is 116 Å². The van der Waals surface area contributed by atoms with E-state index < -0.39 is 6.10 Å². The molecule has 2 aromatic rings. The maximum Gasteiger partial charge on any atom is 0.0962 e. The van der Waals surface area contributed by atoms with Crippen LogP contribution in [0.15, 0.2) is 36.4 Å². The van der Waals surface area contributed by atoms with Gasteiger partial charge >= 0.3 is 0 Å². The van der Waals surface area contributed by atoms with E-state index in [-0.39, 0.29) is 5.92 Å². The van der Waals surface area contributed by atoms with E-state index in [0.717, 1.165) is 10.4 Å². The third-order valence-corrected chi connectivity index (χ3v) is 4.27. The van der Waals surface area contributed by atoms with Crippen molar-refractivity contribution in [3.05, 3.63) is 56.7 Å². The van der Waals surface area contributed by atoms with E-state index >= 15 is 0 Å². The Bertz CT molecular complexity index is 526. The minimum absolute atomic E-state index is 0.123. The first-order valence-corrected chi connectivity index (χ1v) is 7.01. The van der Waals surface area contributed by atoms with E-state index in [1.807, 2.05) is 43.3 Å². The predicted molar refractivity (Wildman–Crippen MR) is 77.3 cm³/mol. The zero-order chi connectivity index (χ0) is 13.1. The van der Waals surface area contributed by atoms with Crippen LogP contribution in [0.5, 0.6) is 0 Å². The first-order chi connectivity index (χ1) is 8.61. The lowest BCUT2D eigenvalue weighted by molar-refractivity contribution is 0.151. The third kappa shape index (κ3) is 2.93. The average Bonchev–Trinajstić information content (AvgIpc) is 2.77. The first kappa shape index (κ1) is 13.6. The van der Waals surface area contributed by atoms with Gasteiger partial charge in [-0.15, -0.1) is 11.3 Å². The van der Waals surface area contributed by atoms with Gasteiger partial charge < -0.3 is 10.8 Å². The molecule has 0 aliphatic heterocycles. The third-order valence-electron chi connectivity index (χ3n) is 2.96. The van der Waals surface area contributed by atoms with Crippen molar-refractivity contribution in [2.45, 2.75) is 18.9 Å². The number of rotatable bonds is 4. The fourth-order valence-corrected chi connectivity index (χ4v) is 3.12. The van der Waals surface area contributed by atoms with Crippen LogP contribution >= 0.6 is 22.9 Å². The van der Waals surface area contributed by atoms with Crippen LogP contribution in [0.25, 0.3) is 0 Å². The zero-order valence-corrected chi connectivity index (χ0v) is 11.7. The highest BCUT2D eigenvalue weighted by Crippen LogP contribution is 2.34. The molecule has 0 amide bonds. The van der Waals surface area contributed by atoms with Crippen LogP contribution in [0.1, 0.15) is 27.3 Å². The molecule has 96 valence electrons. The second-order valence-electron chi connectivity index (χ2n) is 4.29. The number of aliphatic hydroxyl groups is 1. The van der Waals surface area contributed by atoms with Crippen LogP contribution in [0, 0.1) is 6.92 Å². The molecule has 0 saturated carbocycles. The lowest BCUT2D eigenvalue weighted by atomic mass is 9.92. The topological polar surface area (TPSA) is 46.2 Å². The molecule has 0 bridgehead atoms. The summed E-state index contributed by atoms with van der Waals surface area (Å²) in [5.41, 5.74) is 6.78. The van der Waals surface area contributed by atoms with E-state index in [1.165, 1.54) is 4.88 Å². The molecular weight excluding hydrogens is 266 g/mol. The van der Waals surface area contributed by atoms with Crippen molar-refractivity contribution in [1.82, 2.24) is 0 Å². The molecule has 3 N–H and O–H groups in total. The van der Waals surface area contributed by atoms with Gasteiger partial charge in [-0.2, -0.15) is 0 Å². The van der Waals surface area contributed by atoms with Crippen LogP contribution in [0.2, 0.25) is 5.02 Å². The van der Waals surface area contributed by atoms with Gasteiger partial charge in [-0.25, -0.2) is 0 Å². The summed E-state index contributed by atoms with van der Waals surface area (Å²) in [5, 5.41) is 11.1. The van der Waals surface area contributed by atoms with Gasteiger partial charge in [0, 0.05) is 27.2 Å². The Hall–Kier alpha value is -0.870. The van der Waals surface area contributed by atoms with E-state index in [0.29, 0.717) is 11.6 Å². The van der Waals surface area contributed by atoms with Crippen LogP contribution < -0.4 is 5.73 Å². The summed E-state index contributed by atoms with van der Waals surface area (Å²) in [6.45, 7) is 2.41. The SMILES string of the molecule is Cc1ccc(C(O)C(CN)c2cccc(Cl)c2)s1. The van der Waals surface area contributed by atoms with Crippen LogP contribution in [0.4, 0.5) is 0 Å². The molecule has 2 atom stereocenters. The van der Waals surface area contributed by atoms with Crippen molar-refractivity contribution in [2.75, 3.05) is 6.54 Å². The molecule has 2 unspecified atom stereocenters. The minimum Gasteiger partial charge on any atom is -0.387 e. The van der Waals surface area contributed by atoms with Crippen molar-refractivity contribution in [3.63, 3.8) is 0 Å². The summed E-state index contributed by atoms with van der Waals surface area (Å²) in [6, 6.07) is 11.5. The summed E-state index contributed by atoms with van der Waals surface area (Å²) >= 11 is 7.58. The van der Waals surface area contributed by atoms with Crippen LogP contribution in [0.3, 0.4) is 0 Å². The largest absolute Gasteiger partial charge is 0.387 e. The molecule has 0 spiro atoms. The Morgan fingerprint density at radius 1 is 1.33 bits per heavy atom. The van der Waals surface area contributed by atoms with Crippen molar-refractivity contribution < 1.29 is 5.11 Å². The second kappa shape index (κ2) is 5.85. The molecule has 18 heavy (non-hydrogen) atoms. The van der Waals surface area contributed by atoms with Crippen molar-refractivity contribution in [2.24, 2.45) is 5.73 Å². The molecule has 0 fully saturated rings. The molecule has 1 heterocycles. The van der Waals surface area contributed by atoms with Gasteiger partial charge in [0.25, 0.3) is 0 Å². The van der Waals surface area contributed by atoms with Crippen molar-refractivity contribution >= 4 is 22.9 Å². The van der Waals surface area contributed by atoms with Gasteiger partial charge in [-0.1, -0.05) is 23.7 Å². The highest BCUT2D eigenvalue weighted by molar-refractivity contribution is 7.12. The van der Waals surface area contributed by atoms with Gasteiger partial charge in [-0.3, -0.25) is 0 Å². The maximum atomic E-state index is 10.4. The number of benzene rings is 1. The van der Waals surface area contributed by atoms with Crippen LogP contribution in [-0.2, 0) is 0 Å². The lowest BCUT2D eigenvalue weighted by Gasteiger charge is -2.21. The maximum absolute atomic E-state index is 10.4. The Kier molecular flexibility index (Phi) is 4.40. The van der Waals surface area contributed by atoms with Gasteiger partial charge in [0.2, 0.25) is 0 Å². The highest BCUT2D eigenvalue weighted by atomic mass is 35.5. The van der Waals surface area contributed by atoms with Crippen molar-refractivity contribution in [1.29, 1.82) is 0 Å². The fourth-order valence-electron chi connectivity index (χ4n) is 2.00. The van der Waals surface area contributed by atoms with Gasteiger partial charge in [0.1, 0.15) is 0 Å². The van der Waals surface area contributed by atoms with Gasteiger partial charge in [-0.05, 0) is 36.8 Å². The number of hydrogen-bond donors (Lipinski definition) is 2. The summed E-state index contributed by atoms with van der Waals surface area (Å²) in [5.74, 6) is -0.123. The number of thiophene rings is 1.